The molecule has 16 heteroatoms. The minimum Gasteiger partial charge on any atom is -0.445 e. The summed E-state index contributed by atoms with van der Waals surface area (Å²) in [6.07, 6.45) is 2.25. The number of hydrogen-bond donors (Lipinski definition) is 1. The number of fused-ring (bicyclic) bond motifs is 1. The monoisotopic (exact) mass is 656 g/mol. The Labute approximate surface area is 265 Å². The summed E-state index contributed by atoms with van der Waals surface area (Å²) in [5.74, 6) is 0.574. The number of hydrogen-bond acceptors (Lipinski definition) is 10. The summed E-state index contributed by atoms with van der Waals surface area (Å²) in [7, 11) is -3.97. The Hall–Kier alpha value is -3.73. The zero-order chi connectivity index (χ0) is 33.0. The lowest BCUT2D eigenvalue weighted by Crippen LogP contribution is -2.42. The molecule has 244 valence electrons. The van der Waals surface area contributed by atoms with Crippen LogP contribution in [0.25, 0.3) is 22.5 Å². The first-order valence-corrected chi connectivity index (χ1v) is 16.8. The molecule has 1 aromatic carbocycles. The molecule has 2 fully saturated rings. The molecule has 6 rings (SSSR count). The first-order valence-electron chi connectivity index (χ1n) is 14.9. The number of alkyl halides is 2. The fourth-order valence-corrected chi connectivity index (χ4v) is 6.37. The van der Waals surface area contributed by atoms with E-state index in [4.69, 9.17) is 13.7 Å². The smallest absolute Gasteiger partial charge is 0.445 e. The topological polar surface area (TPSA) is 142 Å². The molecule has 46 heavy (non-hydrogen) atoms. The third-order valence-corrected chi connectivity index (χ3v) is 10.2. The molecule has 12 nitrogen and oxygen atoms in total. The van der Waals surface area contributed by atoms with Gasteiger partial charge in [-0.2, -0.15) is 4.98 Å². The molecule has 0 atom stereocenters. The second kappa shape index (κ2) is 11.8. The van der Waals surface area contributed by atoms with E-state index in [9.17, 15) is 22.0 Å². The molecule has 2 aliphatic rings. The van der Waals surface area contributed by atoms with Gasteiger partial charge < -0.3 is 19.0 Å². The van der Waals surface area contributed by atoms with Crippen LogP contribution in [0.15, 0.2) is 51.9 Å². The fraction of sp³-hybridized carbons (Fsp3) is 0.467. The number of rotatable bonds is 8. The quantitative estimate of drug-likeness (QED) is 0.280. The Bertz CT molecular complexity index is 1910. The van der Waals surface area contributed by atoms with E-state index in [-0.39, 0.29) is 24.2 Å². The number of aromatic nitrogens is 4. The van der Waals surface area contributed by atoms with Crippen molar-refractivity contribution in [3.05, 3.63) is 64.2 Å². The standard InChI is InChI=1S/C30H35BF2N6O6S/c1-29(2)30(3,4)45-31(44-29)23-16-34-26(43-23)19-8-6-18(7-9-19)17-39-25-20(14-22(24(32)33)27(39)40)15-35-28(37-25)36-21-10-12-38(13-11-21)46(5,41)42/h6-9,14-16,21,24H,10-13,17H2,1-5H3,(H,35,36,37). The SMILES string of the molecule is CC1(C)OB(c2cnc(-c3ccc(Cn4c(=O)c(C(F)F)cc5cnc(NC6CCN(S(C)(=O)=O)CC6)nc54)cc3)o2)OC1(C)C. The van der Waals surface area contributed by atoms with Crippen molar-refractivity contribution in [3.8, 4) is 11.5 Å². The fourth-order valence-electron chi connectivity index (χ4n) is 5.49. The average Bonchev–Trinajstić information content (AvgIpc) is 3.56. The molecule has 5 heterocycles. The van der Waals surface area contributed by atoms with Crippen molar-refractivity contribution in [1.29, 1.82) is 0 Å². The Morgan fingerprint density at radius 2 is 1.70 bits per heavy atom. The van der Waals surface area contributed by atoms with Crippen molar-refractivity contribution in [1.82, 2.24) is 23.8 Å². The summed E-state index contributed by atoms with van der Waals surface area (Å²) >= 11 is 0. The van der Waals surface area contributed by atoms with Gasteiger partial charge >= 0.3 is 7.12 Å². The maximum Gasteiger partial charge on any atom is 0.534 e. The molecule has 2 saturated heterocycles. The number of benzene rings is 1. The predicted molar refractivity (Wildman–Crippen MR) is 169 cm³/mol. The van der Waals surface area contributed by atoms with E-state index < -0.39 is 45.9 Å². The number of piperidine rings is 1. The minimum atomic E-state index is -3.28. The van der Waals surface area contributed by atoms with E-state index in [2.05, 4.69) is 20.3 Å². The van der Waals surface area contributed by atoms with Gasteiger partial charge in [-0.05, 0) is 64.3 Å². The Morgan fingerprint density at radius 3 is 2.30 bits per heavy atom. The summed E-state index contributed by atoms with van der Waals surface area (Å²) in [6.45, 7) is 8.49. The van der Waals surface area contributed by atoms with Gasteiger partial charge in [0, 0.05) is 36.3 Å². The van der Waals surface area contributed by atoms with Crippen LogP contribution < -0.4 is 16.5 Å². The van der Waals surface area contributed by atoms with Gasteiger partial charge in [-0.3, -0.25) is 9.36 Å². The van der Waals surface area contributed by atoms with Gasteiger partial charge in [0.25, 0.3) is 12.0 Å². The van der Waals surface area contributed by atoms with Crippen LogP contribution in [-0.2, 0) is 25.9 Å². The molecule has 3 aromatic heterocycles. The molecule has 0 spiro atoms. The van der Waals surface area contributed by atoms with E-state index in [0.717, 1.165) is 6.07 Å². The Kier molecular flexibility index (Phi) is 8.28. The van der Waals surface area contributed by atoms with Gasteiger partial charge in [0.1, 0.15) is 5.65 Å². The van der Waals surface area contributed by atoms with Crippen LogP contribution in [0.5, 0.6) is 0 Å². The normalized spacial score (nSPS) is 18.9. The molecule has 0 saturated carbocycles. The van der Waals surface area contributed by atoms with Crippen LogP contribution in [0.2, 0.25) is 0 Å². The minimum absolute atomic E-state index is 0.0237. The van der Waals surface area contributed by atoms with Gasteiger partial charge in [-0.1, -0.05) is 12.1 Å². The van der Waals surface area contributed by atoms with Crippen molar-refractivity contribution < 1.29 is 30.9 Å². The average molecular weight is 657 g/mol. The molecule has 2 aliphatic heterocycles. The molecule has 4 aromatic rings. The second-order valence-corrected chi connectivity index (χ2v) is 14.7. The third kappa shape index (κ3) is 6.30. The number of pyridine rings is 1. The lowest BCUT2D eigenvalue weighted by molar-refractivity contribution is 0.00578. The van der Waals surface area contributed by atoms with Gasteiger partial charge in [-0.15, -0.1) is 0 Å². The summed E-state index contributed by atoms with van der Waals surface area (Å²) < 4.78 is 72.1. The number of sulfonamides is 1. The van der Waals surface area contributed by atoms with Crippen LogP contribution in [0, 0.1) is 0 Å². The highest BCUT2D eigenvalue weighted by Gasteiger charge is 2.53. The maximum absolute atomic E-state index is 13.9. The first kappa shape index (κ1) is 32.2. The van der Waals surface area contributed by atoms with Crippen molar-refractivity contribution in [3.63, 3.8) is 0 Å². The summed E-state index contributed by atoms with van der Waals surface area (Å²) in [6, 6.07) is 8.09. The van der Waals surface area contributed by atoms with Gasteiger partial charge in [0.05, 0.1) is 35.8 Å². The number of anilines is 1. The zero-order valence-electron chi connectivity index (χ0n) is 26.2. The van der Waals surface area contributed by atoms with Crippen LogP contribution in [-0.4, -0.2) is 75.9 Å². The number of oxazole rings is 1. The molecule has 0 amide bonds. The number of halogens is 2. The molecular weight excluding hydrogens is 621 g/mol. The molecule has 0 bridgehead atoms. The van der Waals surface area contributed by atoms with Crippen LogP contribution in [0.1, 0.15) is 58.1 Å². The van der Waals surface area contributed by atoms with Crippen LogP contribution in [0.3, 0.4) is 0 Å². The number of nitrogens with zero attached hydrogens (tertiary/aromatic N) is 5. The van der Waals surface area contributed by atoms with Gasteiger partial charge in [0.15, 0.2) is 5.66 Å². The van der Waals surface area contributed by atoms with Gasteiger partial charge in [-0.25, -0.2) is 31.5 Å². The first-order chi connectivity index (χ1) is 21.6. The summed E-state index contributed by atoms with van der Waals surface area (Å²) in [5.41, 5.74) is -0.591. The second-order valence-electron chi connectivity index (χ2n) is 12.7. The maximum atomic E-state index is 13.9. The predicted octanol–water partition coefficient (Wildman–Crippen LogP) is 3.57. The summed E-state index contributed by atoms with van der Waals surface area (Å²) in [5, 5.41) is 3.50. The highest BCUT2D eigenvalue weighted by atomic mass is 32.2. The van der Waals surface area contributed by atoms with Crippen LogP contribution in [0.4, 0.5) is 14.7 Å². The highest BCUT2D eigenvalue weighted by Crippen LogP contribution is 2.36. The van der Waals surface area contributed by atoms with Crippen molar-refractivity contribution in [2.24, 2.45) is 0 Å². The largest absolute Gasteiger partial charge is 0.534 e. The molecular formula is C30H35BF2N6O6S. The molecule has 0 aliphatic carbocycles. The van der Waals surface area contributed by atoms with Gasteiger partial charge in [0.2, 0.25) is 21.9 Å². The Balaban J connectivity index is 1.23. The molecule has 1 N–H and O–H groups in total. The van der Waals surface area contributed by atoms with E-state index in [1.54, 1.807) is 30.5 Å². The van der Waals surface area contributed by atoms with Crippen molar-refractivity contribution in [2.45, 2.75) is 70.8 Å². The van der Waals surface area contributed by atoms with E-state index >= 15 is 0 Å². The van der Waals surface area contributed by atoms with Crippen molar-refractivity contribution in [2.75, 3.05) is 24.7 Å². The lowest BCUT2D eigenvalue weighted by Gasteiger charge is -2.32. The van der Waals surface area contributed by atoms with E-state index in [0.29, 0.717) is 54.0 Å². The molecule has 0 unspecified atom stereocenters. The lowest BCUT2D eigenvalue weighted by atomic mass is 9.87. The molecule has 0 radical (unpaired) electrons. The van der Waals surface area contributed by atoms with E-state index in [1.165, 1.54) is 21.3 Å². The van der Waals surface area contributed by atoms with Crippen molar-refractivity contribution >= 4 is 39.8 Å². The summed E-state index contributed by atoms with van der Waals surface area (Å²) in [4.78, 5) is 26.5. The van der Waals surface area contributed by atoms with E-state index in [1.807, 2.05) is 27.7 Å². The zero-order valence-corrected chi connectivity index (χ0v) is 27.0. The Morgan fingerprint density at radius 1 is 1.04 bits per heavy atom. The van der Waals surface area contributed by atoms with Crippen LogP contribution >= 0.6 is 0 Å². The third-order valence-electron chi connectivity index (χ3n) is 8.90. The highest BCUT2D eigenvalue weighted by molar-refractivity contribution is 7.88. The number of nitrogens with one attached hydrogen (secondary N) is 1.